The average Bonchev–Trinajstić information content (AvgIpc) is 2.57. The molecule has 1 heterocycles. The number of halogens is 1. The molecule has 0 N–H and O–H groups in total. The summed E-state index contributed by atoms with van der Waals surface area (Å²) < 4.78 is 0. The van der Waals surface area contributed by atoms with Gasteiger partial charge in [-0.1, -0.05) is 28.9 Å². The van der Waals surface area contributed by atoms with Gasteiger partial charge in [-0.25, -0.2) is 0 Å². The molecule has 0 saturated carbocycles. The molecule has 2 aromatic rings. The molecule has 0 aliphatic heterocycles. The van der Waals surface area contributed by atoms with Crippen LogP contribution in [0, 0.1) is 14.0 Å². The first kappa shape index (κ1) is 9.02. The van der Waals surface area contributed by atoms with Crippen LogP contribution in [0.5, 0.6) is 0 Å². The highest BCUT2D eigenvalue weighted by Crippen LogP contribution is 2.21. The lowest BCUT2D eigenvalue weighted by Crippen LogP contribution is -1.89. The molecule has 0 aliphatic rings. The summed E-state index contributed by atoms with van der Waals surface area (Å²) in [5.41, 5.74) is 1.87. The van der Waals surface area contributed by atoms with Crippen LogP contribution < -0.4 is 0 Å². The van der Waals surface area contributed by atoms with E-state index in [1.54, 1.807) is 0 Å². The van der Waals surface area contributed by atoms with Gasteiger partial charge in [0.05, 0.1) is 0 Å². The van der Waals surface area contributed by atoms with Gasteiger partial charge in [-0.2, -0.15) is 5.10 Å². The Morgan fingerprint density at radius 2 is 2.21 bits per heavy atom. The van der Waals surface area contributed by atoms with Gasteiger partial charge in [-0.05, 0) is 18.6 Å². The lowest BCUT2D eigenvalue weighted by atomic mass is 10.1. The van der Waals surface area contributed by atoms with Crippen molar-refractivity contribution in [3.63, 3.8) is 0 Å². The summed E-state index contributed by atoms with van der Waals surface area (Å²) in [7, 11) is 3.51. The highest BCUT2D eigenvalue weighted by Gasteiger charge is 2.04. The van der Waals surface area contributed by atoms with Crippen molar-refractivity contribution in [2.75, 3.05) is 0 Å². The Kier molecular flexibility index (Phi) is 2.13. The molecular formula is C9H8ClN4-. The summed E-state index contributed by atoms with van der Waals surface area (Å²) >= 11 is 5.97. The minimum absolute atomic E-state index is 0.530. The maximum atomic E-state index is 5.97. The first-order chi connectivity index (χ1) is 6.66. The van der Waals surface area contributed by atoms with Crippen molar-refractivity contribution in [2.45, 2.75) is 6.92 Å². The highest BCUT2D eigenvalue weighted by molar-refractivity contribution is 6.31. The Bertz CT molecular complexity index is 464. The number of hydrogen-bond donors (Lipinski definition) is 0. The lowest BCUT2D eigenvalue weighted by Gasteiger charge is -1.99. The van der Waals surface area contributed by atoms with E-state index in [0.29, 0.717) is 10.8 Å². The topological polar surface area (TPSA) is 43.6 Å². The molecule has 5 heteroatoms. The number of rotatable bonds is 1. The second kappa shape index (κ2) is 3.31. The van der Waals surface area contributed by atoms with Crippen LogP contribution in [0.25, 0.3) is 11.4 Å². The molecule has 0 unspecified atom stereocenters. The zero-order valence-corrected chi connectivity index (χ0v) is 8.36. The third-order valence-corrected chi connectivity index (χ3v) is 2.29. The van der Waals surface area contributed by atoms with E-state index in [0.717, 1.165) is 11.1 Å². The number of hydrogen-bond acceptors (Lipinski definition) is 3. The van der Waals surface area contributed by atoms with Gasteiger partial charge in [0.2, 0.25) is 5.82 Å². The van der Waals surface area contributed by atoms with E-state index in [1.807, 2.05) is 25.1 Å². The van der Waals surface area contributed by atoms with E-state index in [-0.39, 0.29) is 0 Å². The summed E-state index contributed by atoms with van der Waals surface area (Å²) in [6.45, 7) is 1.94. The average molecular weight is 208 g/mol. The van der Waals surface area contributed by atoms with E-state index in [9.17, 15) is 0 Å². The van der Waals surface area contributed by atoms with Crippen LogP contribution in [0.3, 0.4) is 0 Å². The van der Waals surface area contributed by atoms with Gasteiger partial charge in [0.25, 0.3) is 0 Å². The predicted molar refractivity (Wildman–Crippen MR) is 53.8 cm³/mol. The first-order valence-corrected chi connectivity index (χ1v) is 4.42. The van der Waals surface area contributed by atoms with Crippen molar-refractivity contribution < 1.29 is 0 Å². The van der Waals surface area contributed by atoms with Crippen LogP contribution in [0.1, 0.15) is 5.56 Å². The number of benzene rings is 1. The molecule has 1 aromatic heterocycles. The van der Waals surface area contributed by atoms with Gasteiger partial charge in [-0.15, -0.1) is 5.10 Å². The van der Waals surface area contributed by atoms with Crippen molar-refractivity contribution in [3.8, 4) is 11.4 Å². The molecule has 1 aromatic carbocycles. The molecule has 0 saturated heterocycles. The zero-order chi connectivity index (χ0) is 10.1. The Balaban J connectivity index is 2.47. The molecule has 14 heavy (non-hydrogen) atoms. The largest absolute Gasteiger partial charge is 0.301 e. The zero-order valence-electron chi connectivity index (χ0n) is 7.61. The molecule has 4 nitrogen and oxygen atoms in total. The maximum absolute atomic E-state index is 5.97. The van der Waals surface area contributed by atoms with Crippen LogP contribution in [0.15, 0.2) is 18.2 Å². The standard InChI is InChI=1S/C9H8ClN4/c1-6-3-4-7(5-8(6)10)9-11-13-14(2)12-9/h3-5H,2H2,1H3/q-1. The highest BCUT2D eigenvalue weighted by atomic mass is 35.5. The number of aryl methyl sites for hydroxylation is 1. The van der Waals surface area contributed by atoms with Gasteiger partial charge in [0.1, 0.15) is 0 Å². The van der Waals surface area contributed by atoms with Gasteiger partial charge >= 0.3 is 0 Å². The monoisotopic (exact) mass is 207 g/mol. The second-order valence-corrected chi connectivity index (χ2v) is 3.36. The molecular weight excluding hydrogens is 200 g/mol. The van der Waals surface area contributed by atoms with Crippen LogP contribution in [-0.4, -0.2) is 20.2 Å². The fourth-order valence-corrected chi connectivity index (χ4v) is 1.27. The third kappa shape index (κ3) is 1.56. The summed E-state index contributed by atoms with van der Waals surface area (Å²) in [5.74, 6) is 0.530. The molecule has 0 spiro atoms. The summed E-state index contributed by atoms with van der Waals surface area (Å²) in [4.78, 5) is 1.17. The first-order valence-electron chi connectivity index (χ1n) is 4.04. The Morgan fingerprint density at radius 1 is 1.43 bits per heavy atom. The van der Waals surface area contributed by atoms with Crippen LogP contribution in [0.4, 0.5) is 0 Å². The summed E-state index contributed by atoms with van der Waals surface area (Å²) in [6, 6.07) is 5.63. The minimum atomic E-state index is 0.530. The lowest BCUT2D eigenvalue weighted by molar-refractivity contribution is 0.714. The predicted octanol–water partition coefficient (Wildman–Crippen LogP) is 1.94. The SMILES string of the molecule is [CH2-]n1nnc(-c2ccc(C)c(Cl)c2)n1. The van der Waals surface area contributed by atoms with E-state index in [1.165, 1.54) is 4.80 Å². The Morgan fingerprint density at radius 3 is 2.79 bits per heavy atom. The molecule has 0 bridgehead atoms. The van der Waals surface area contributed by atoms with Crippen LogP contribution >= 0.6 is 11.6 Å². The molecule has 0 aliphatic carbocycles. The molecule has 0 radical (unpaired) electrons. The molecule has 72 valence electrons. The van der Waals surface area contributed by atoms with Gasteiger partial charge in [-0.3, -0.25) is 7.05 Å². The quantitative estimate of drug-likeness (QED) is 0.672. The smallest absolute Gasteiger partial charge is 0.202 e. The van der Waals surface area contributed by atoms with E-state index in [2.05, 4.69) is 22.5 Å². The normalized spacial score (nSPS) is 10.4. The van der Waals surface area contributed by atoms with Gasteiger partial charge in [0.15, 0.2) is 0 Å². The summed E-state index contributed by atoms with van der Waals surface area (Å²) in [6.07, 6.45) is 0. The minimum Gasteiger partial charge on any atom is -0.301 e. The fraction of sp³-hybridized carbons (Fsp3) is 0.111. The van der Waals surface area contributed by atoms with Crippen molar-refractivity contribution in [2.24, 2.45) is 0 Å². The number of tetrazole rings is 1. The van der Waals surface area contributed by atoms with Gasteiger partial charge in [0, 0.05) is 10.6 Å². The third-order valence-electron chi connectivity index (χ3n) is 1.88. The molecule has 0 fully saturated rings. The molecule has 0 amide bonds. The van der Waals surface area contributed by atoms with Crippen molar-refractivity contribution >= 4 is 11.6 Å². The fourth-order valence-electron chi connectivity index (χ4n) is 1.09. The van der Waals surface area contributed by atoms with Crippen molar-refractivity contribution in [1.82, 2.24) is 20.2 Å². The summed E-state index contributed by atoms with van der Waals surface area (Å²) in [5, 5.41) is 12.2. The molecule has 2 rings (SSSR count). The maximum Gasteiger partial charge on any atom is 0.202 e. The van der Waals surface area contributed by atoms with Gasteiger partial charge < -0.3 is 4.80 Å². The van der Waals surface area contributed by atoms with Crippen molar-refractivity contribution in [1.29, 1.82) is 0 Å². The second-order valence-electron chi connectivity index (χ2n) is 2.95. The number of aromatic nitrogens is 4. The van der Waals surface area contributed by atoms with E-state index in [4.69, 9.17) is 11.6 Å². The van der Waals surface area contributed by atoms with Crippen LogP contribution in [0.2, 0.25) is 5.02 Å². The Labute approximate surface area is 86.5 Å². The number of nitrogens with zero attached hydrogens (tertiary/aromatic N) is 4. The van der Waals surface area contributed by atoms with E-state index >= 15 is 0 Å². The molecule has 0 atom stereocenters. The van der Waals surface area contributed by atoms with Crippen LogP contribution in [-0.2, 0) is 0 Å². The van der Waals surface area contributed by atoms with E-state index < -0.39 is 0 Å². The van der Waals surface area contributed by atoms with Crippen molar-refractivity contribution in [3.05, 3.63) is 35.8 Å². The Hall–Kier alpha value is -1.55.